The van der Waals surface area contributed by atoms with E-state index < -0.39 is 11.8 Å². The first-order chi connectivity index (χ1) is 14.4. The molecule has 0 radical (unpaired) electrons. The molecule has 0 aliphatic carbocycles. The van der Waals surface area contributed by atoms with E-state index in [9.17, 15) is 14.3 Å². The Kier molecular flexibility index (Phi) is 5.01. The van der Waals surface area contributed by atoms with Crippen molar-refractivity contribution in [3.8, 4) is 28.3 Å². The molecular weight excluding hydrogens is 411 g/mol. The van der Waals surface area contributed by atoms with Crippen molar-refractivity contribution >= 4 is 29.0 Å². The molecule has 7 nitrogen and oxygen atoms in total. The Morgan fingerprint density at radius 2 is 2.03 bits per heavy atom. The Labute approximate surface area is 175 Å². The van der Waals surface area contributed by atoms with E-state index in [0.717, 1.165) is 0 Å². The third-order valence-corrected chi connectivity index (χ3v) is 4.74. The molecule has 9 heteroatoms. The van der Waals surface area contributed by atoms with Crippen LogP contribution in [0.3, 0.4) is 0 Å². The Morgan fingerprint density at radius 1 is 1.23 bits per heavy atom. The number of phenols is 1. The minimum Gasteiger partial charge on any atom is -0.506 e. The van der Waals surface area contributed by atoms with Gasteiger partial charge in [-0.2, -0.15) is 0 Å². The number of hydrogen-bond donors (Lipinski definition) is 2. The van der Waals surface area contributed by atoms with Crippen molar-refractivity contribution in [1.29, 1.82) is 0 Å². The van der Waals surface area contributed by atoms with Crippen LogP contribution in [0.15, 0.2) is 48.7 Å². The van der Waals surface area contributed by atoms with Gasteiger partial charge in [-0.1, -0.05) is 23.7 Å². The fourth-order valence-electron chi connectivity index (χ4n) is 3.14. The zero-order valence-corrected chi connectivity index (χ0v) is 16.5. The fraction of sp³-hybridized carbons (Fsp3) is 0.0952. The van der Waals surface area contributed by atoms with Gasteiger partial charge in [-0.3, -0.25) is 4.40 Å². The van der Waals surface area contributed by atoms with Crippen molar-refractivity contribution in [1.82, 2.24) is 14.4 Å². The largest absolute Gasteiger partial charge is 0.506 e. The first kappa shape index (κ1) is 19.7. The molecule has 0 unspecified atom stereocenters. The van der Waals surface area contributed by atoms with Gasteiger partial charge in [0.1, 0.15) is 11.6 Å². The summed E-state index contributed by atoms with van der Waals surface area (Å²) >= 11 is 6.11. The molecule has 0 bridgehead atoms. The van der Waals surface area contributed by atoms with Gasteiger partial charge in [0.15, 0.2) is 17.2 Å². The lowest BCUT2D eigenvalue weighted by molar-refractivity contribution is 0.0520. The van der Waals surface area contributed by atoms with Crippen LogP contribution >= 0.6 is 11.6 Å². The number of phenolic OH excluding ortho intramolecular Hbond substituents is 1. The Balaban J connectivity index is 2.07. The lowest BCUT2D eigenvalue weighted by atomic mass is 10.0. The van der Waals surface area contributed by atoms with Crippen LogP contribution in [0.2, 0.25) is 5.02 Å². The normalized spacial score (nSPS) is 11.0. The highest BCUT2D eigenvalue weighted by Gasteiger charge is 2.21. The highest BCUT2D eigenvalue weighted by molar-refractivity contribution is 6.32. The molecule has 4 rings (SSSR count). The molecule has 0 aliphatic heterocycles. The summed E-state index contributed by atoms with van der Waals surface area (Å²) in [5, 5.41) is 9.93. The van der Waals surface area contributed by atoms with E-state index in [1.165, 1.54) is 30.5 Å². The van der Waals surface area contributed by atoms with Crippen molar-refractivity contribution in [2.45, 2.75) is 6.92 Å². The molecule has 0 saturated carbocycles. The molecule has 30 heavy (non-hydrogen) atoms. The van der Waals surface area contributed by atoms with E-state index in [4.69, 9.17) is 22.1 Å². The Morgan fingerprint density at radius 3 is 2.73 bits per heavy atom. The standard InChI is InChI=1S/C21H16ClFN4O3/c1-2-30-21(29)15-10-27-18(12-6-7-16(28)14(22)9-12)17(26-19(24)20(27)25-15)11-4-3-5-13(23)8-11/h3-10,28H,2H2,1H3,(H2,24,26). The predicted octanol–water partition coefficient (Wildman–Crippen LogP) is 4.32. The van der Waals surface area contributed by atoms with E-state index in [1.807, 2.05) is 0 Å². The van der Waals surface area contributed by atoms with Crippen molar-refractivity contribution in [2.75, 3.05) is 12.3 Å². The summed E-state index contributed by atoms with van der Waals surface area (Å²) in [5.41, 5.74) is 8.24. The number of esters is 1. The molecule has 0 fully saturated rings. The van der Waals surface area contributed by atoms with Crippen molar-refractivity contribution in [3.05, 3.63) is 65.2 Å². The number of fused-ring (bicyclic) bond motifs is 1. The second-order valence-corrected chi connectivity index (χ2v) is 6.82. The third-order valence-electron chi connectivity index (χ3n) is 4.44. The molecule has 4 aromatic rings. The molecule has 2 heterocycles. The maximum absolute atomic E-state index is 13.9. The number of aromatic nitrogens is 3. The van der Waals surface area contributed by atoms with Gasteiger partial charge in [0.25, 0.3) is 0 Å². The molecule has 0 aliphatic rings. The number of nitrogen functional groups attached to an aromatic ring is 1. The molecule has 3 N–H and O–H groups in total. The number of benzene rings is 2. The van der Waals surface area contributed by atoms with Gasteiger partial charge in [-0.15, -0.1) is 0 Å². The van der Waals surface area contributed by atoms with Crippen LogP contribution in [0, 0.1) is 5.82 Å². The van der Waals surface area contributed by atoms with Crippen LogP contribution in [-0.4, -0.2) is 32.1 Å². The van der Waals surface area contributed by atoms with Crippen molar-refractivity contribution in [2.24, 2.45) is 0 Å². The van der Waals surface area contributed by atoms with E-state index in [2.05, 4.69) is 9.97 Å². The fourth-order valence-corrected chi connectivity index (χ4v) is 3.32. The third kappa shape index (κ3) is 3.42. The van der Waals surface area contributed by atoms with Crippen LogP contribution in [-0.2, 0) is 4.74 Å². The number of halogens is 2. The number of imidazole rings is 1. The molecule has 152 valence electrons. The van der Waals surface area contributed by atoms with Gasteiger partial charge in [0.05, 0.1) is 23.0 Å². The van der Waals surface area contributed by atoms with Gasteiger partial charge in [-0.25, -0.2) is 19.2 Å². The van der Waals surface area contributed by atoms with Crippen LogP contribution in [0.5, 0.6) is 5.75 Å². The van der Waals surface area contributed by atoms with Gasteiger partial charge in [-0.05, 0) is 37.3 Å². The average Bonchev–Trinajstić information content (AvgIpc) is 3.16. The molecule has 0 spiro atoms. The number of ether oxygens (including phenoxy) is 1. The molecule has 2 aromatic heterocycles. The lowest BCUT2D eigenvalue weighted by Gasteiger charge is -2.14. The number of nitrogens with two attached hydrogens (primary N) is 1. The predicted molar refractivity (Wildman–Crippen MR) is 111 cm³/mol. The van der Waals surface area contributed by atoms with Gasteiger partial charge < -0.3 is 15.6 Å². The molecule has 2 aromatic carbocycles. The smallest absolute Gasteiger partial charge is 0.358 e. The SMILES string of the molecule is CCOC(=O)c1cn2c(-c3ccc(O)c(Cl)c3)c(-c3cccc(F)c3)nc(N)c2n1. The summed E-state index contributed by atoms with van der Waals surface area (Å²) < 4.78 is 20.5. The molecule has 0 amide bonds. The number of anilines is 1. The van der Waals surface area contributed by atoms with Crippen molar-refractivity contribution < 1.29 is 19.0 Å². The topological polar surface area (TPSA) is 103 Å². The maximum Gasteiger partial charge on any atom is 0.358 e. The summed E-state index contributed by atoms with van der Waals surface area (Å²) in [6.07, 6.45) is 1.48. The molecule has 0 saturated heterocycles. The Bertz CT molecular complexity index is 1290. The summed E-state index contributed by atoms with van der Waals surface area (Å²) in [7, 11) is 0. The number of carbonyl (C=O) groups excluding carboxylic acids is 1. The van der Waals surface area contributed by atoms with Crippen LogP contribution in [0.1, 0.15) is 17.4 Å². The van der Waals surface area contributed by atoms with Crippen LogP contribution in [0.25, 0.3) is 28.2 Å². The zero-order valence-electron chi connectivity index (χ0n) is 15.8. The monoisotopic (exact) mass is 426 g/mol. The summed E-state index contributed by atoms with van der Waals surface area (Å²) in [6.45, 7) is 1.88. The summed E-state index contributed by atoms with van der Waals surface area (Å²) in [4.78, 5) is 20.9. The number of carbonyl (C=O) groups is 1. The van der Waals surface area contributed by atoms with E-state index >= 15 is 0 Å². The van der Waals surface area contributed by atoms with Gasteiger partial charge >= 0.3 is 5.97 Å². The van der Waals surface area contributed by atoms with Crippen molar-refractivity contribution in [3.63, 3.8) is 0 Å². The van der Waals surface area contributed by atoms with Crippen LogP contribution in [0.4, 0.5) is 10.2 Å². The summed E-state index contributed by atoms with van der Waals surface area (Å²) in [5.74, 6) is -1.09. The summed E-state index contributed by atoms with van der Waals surface area (Å²) in [6, 6.07) is 10.5. The lowest BCUT2D eigenvalue weighted by Crippen LogP contribution is -2.04. The first-order valence-corrected chi connectivity index (χ1v) is 9.37. The number of aromatic hydroxyl groups is 1. The van der Waals surface area contributed by atoms with E-state index in [1.54, 1.807) is 29.5 Å². The van der Waals surface area contributed by atoms with Gasteiger partial charge in [0, 0.05) is 17.3 Å². The Hall–Kier alpha value is -3.65. The minimum absolute atomic E-state index is 0.0490. The number of rotatable bonds is 4. The quantitative estimate of drug-likeness (QED) is 0.471. The van der Waals surface area contributed by atoms with Gasteiger partial charge in [0.2, 0.25) is 0 Å². The first-order valence-electron chi connectivity index (χ1n) is 8.99. The minimum atomic E-state index is -0.609. The molecular formula is C21H16ClFN4O3. The second kappa shape index (κ2) is 7.64. The highest BCUT2D eigenvalue weighted by atomic mass is 35.5. The maximum atomic E-state index is 13.9. The highest BCUT2D eigenvalue weighted by Crippen LogP contribution is 2.36. The number of hydrogen-bond acceptors (Lipinski definition) is 6. The second-order valence-electron chi connectivity index (χ2n) is 6.41. The van der Waals surface area contributed by atoms with Crippen LogP contribution < -0.4 is 5.73 Å². The molecule has 0 atom stereocenters. The zero-order chi connectivity index (χ0) is 21.4. The average molecular weight is 427 g/mol. The van der Waals surface area contributed by atoms with E-state index in [-0.39, 0.29) is 34.5 Å². The van der Waals surface area contributed by atoms with E-state index in [0.29, 0.717) is 22.5 Å². The number of nitrogens with zero attached hydrogens (tertiary/aromatic N) is 3.